The van der Waals surface area contributed by atoms with Crippen LogP contribution in [0.3, 0.4) is 0 Å². The Kier molecular flexibility index (Phi) is 3.65. The molecule has 1 fully saturated rings. The fourth-order valence-corrected chi connectivity index (χ4v) is 5.94. The Morgan fingerprint density at radius 3 is 2.44 bits per heavy atom. The third-order valence-electron chi connectivity index (χ3n) is 7.52. The van der Waals surface area contributed by atoms with Crippen molar-refractivity contribution >= 4 is 0 Å². The average Bonchev–Trinajstić information content (AvgIpc) is 3.43. The molecule has 6 rings (SSSR count). The topological polar surface area (TPSA) is 16.8 Å². The molecule has 0 amide bonds. The lowest BCUT2D eigenvalue weighted by Crippen LogP contribution is -2.31. The summed E-state index contributed by atoms with van der Waals surface area (Å²) < 4.78 is 25.0. The second-order valence-corrected chi connectivity index (χ2v) is 9.39. The van der Waals surface area contributed by atoms with E-state index in [1.165, 1.54) is 64.9 Å². The van der Waals surface area contributed by atoms with Crippen molar-refractivity contribution in [2.24, 2.45) is 7.05 Å². The molecule has 0 N–H and O–H groups in total. The van der Waals surface area contributed by atoms with Crippen molar-refractivity contribution in [3.63, 3.8) is 0 Å². The number of aromatic nitrogens is 2. The van der Waals surface area contributed by atoms with Crippen LogP contribution in [0.4, 0.5) is 0 Å². The van der Waals surface area contributed by atoms with E-state index < -0.39 is 6.85 Å². The number of hydrogen-bond donors (Lipinski definition) is 0. The number of rotatable bonds is 2. The van der Waals surface area contributed by atoms with Crippen LogP contribution in [0.25, 0.3) is 33.5 Å². The fraction of sp³-hybridized carbons (Fsp3) is 0.267. The summed E-state index contributed by atoms with van der Waals surface area (Å²) in [6.07, 6.45) is 8.92. The van der Waals surface area contributed by atoms with Gasteiger partial charge in [-0.15, -0.1) is 0 Å². The molecule has 0 radical (unpaired) electrons. The van der Waals surface area contributed by atoms with Crippen molar-refractivity contribution in [3.05, 3.63) is 95.4 Å². The lowest BCUT2D eigenvalue weighted by molar-refractivity contribution is -0.659. The minimum absolute atomic E-state index is 0.0530. The molecule has 158 valence electrons. The van der Waals surface area contributed by atoms with E-state index in [2.05, 4.69) is 61.1 Å². The van der Waals surface area contributed by atoms with Gasteiger partial charge in [0.15, 0.2) is 6.20 Å². The van der Waals surface area contributed by atoms with Gasteiger partial charge in [0.25, 0.3) is 0 Å². The average molecular weight is 421 g/mol. The monoisotopic (exact) mass is 420 g/mol. The van der Waals surface area contributed by atoms with Crippen molar-refractivity contribution < 1.29 is 8.68 Å². The van der Waals surface area contributed by atoms with Gasteiger partial charge < -0.3 is 0 Å². The zero-order valence-electron chi connectivity index (χ0n) is 21.7. The molecular formula is C30H29N2+. The summed E-state index contributed by atoms with van der Waals surface area (Å²) >= 11 is 0. The highest BCUT2D eigenvalue weighted by molar-refractivity contribution is 5.83. The first-order valence-corrected chi connectivity index (χ1v) is 11.5. The molecule has 4 aromatic rings. The molecule has 1 spiro atoms. The SMILES string of the molecule is [2H]C([2H])([2H])c1ccc(-c2ccc(-c3cc4c(cc3C)-c3cccnc3C43CCCC3)[n+](C)c2)cc1. The number of aryl methyl sites for hydroxylation is 3. The zero-order chi connectivity index (χ0) is 24.4. The molecular weight excluding hydrogens is 388 g/mol. The first-order chi connectivity index (χ1) is 16.8. The predicted molar refractivity (Wildman–Crippen MR) is 130 cm³/mol. The minimum atomic E-state index is -2.08. The first-order valence-electron chi connectivity index (χ1n) is 13.0. The number of benzene rings is 2. The van der Waals surface area contributed by atoms with Crippen molar-refractivity contribution in [2.75, 3.05) is 0 Å². The molecule has 2 heteroatoms. The zero-order valence-corrected chi connectivity index (χ0v) is 18.7. The van der Waals surface area contributed by atoms with Crippen LogP contribution in [0, 0.1) is 13.8 Å². The Morgan fingerprint density at radius 1 is 0.906 bits per heavy atom. The maximum absolute atomic E-state index is 7.61. The van der Waals surface area contributed by atoms with Gasteiger partial charge in [-0.2, -0.15) is 0 Å². The summed E-state index contributed by atoms with van der Waals surface area (Å²) in [6, 6.07) is 20.6. The van der Waals surface area contributed by atoms with Gasteiger partial charge in [0, 0.05) is 38.5 Å². The molecule has 1 saturated carbocycles. The van der Waals surface area contributed by atoms with Gasteiger partial charge in [-0.25, -0.2) is 4.57 Å². The van der Waals surface area contributed by atoms with Crippen LogP contribution in [-0.4, -0.2) is 4.98 Å². The van der Waals surface area contributed by atoms with Gasteiger partial charge in [-0.1, -0.05) is 54.8 Å². The maximum atomic E-state index is 7.61. The van der Waals surface area contributed by atoms with E-state index in [4.69, 9.17) is 9.10 Å². The highest BCUT2D eigenvalue weighted by atomic mass is 14.9. The van der Waals surface area contributed by atoms with Crippen LogP contribution in [0.15, 0.2) is 73.1 Å². The van der Waals surface area contributed by atoms with Crippen molar-refractivity contribution in [2.45, 2.75) is 44.9 Å². The van der Waals surface area contributed by atoms with Crippen LogP contribution < -0.4 is 4.57 Å². The number of nitrogens with zero attached hydrogens (tertiary/aromatic N) is 2. The Labute approximate surface area is 194 Å². The second kappa shape index (κ2) is 7.13. The molecule has 2 aromatic heterocycles. The summed E-state index contributed by atoms with van der Waals surface area (Å²) in [7, 11) is 2.09. The lowest BCUT2D eigenvalue weighted by Gasteiger charge is -2.25. The first kappa shape index (κ1) is 16.4. The third kappa shape index (κ3) is 2.79. The smallest absolute Gasteiger partial charge is 0.212 e. The summed E-state index contributed by atoms with van der Waals surface area (Å²) in [4.78, 5) is 4.88. The Hall–Kier alpha value is -3.26. The summed E-state index contributed by atoms with van der Waals surface area (Å²) in [5, 5.41) is 0. The van der Waals surface area contributed by atoms with Crippen LogP contribution in [0.1, 0.15) is 52.2 Å². The molecule has 2 aromatic carbocycles. The Balaban J connectivity index is 1.42. The van der Waals surface area contributed by atoms with E-state index in [0.29, 0.717) is 5.56 Å². The summed E-state index contributed by atoms with van der Waals surface area (Å²) in [5.74, 6) is 0. The molecule has 0 unspecified atom stereocenters. The molecule has 2 nitrogen and oxygen atoms in total. The fourth-order valence-electron chi connectivity index (χ4n) is 5.94. The maximum Gasteiger partial charge on any atom is 0.212 e. The molecule has 2 heterocycles. The molecule has 2 aliphatic carbocycles. The second-order valence-electron chi connectivity index (χ2n) is 9.39. The van der Waals surface area contributed by atoms with E-state index in [-0.39, 0.29) is 5.41 Å². The van der Waals surface area contributed by atoms with Crippen molar-refractivity contribution in [1.29, 1.82) is 0 Å². The van der Waals surface area contributed by atoms with Gasteiger partial charge >= 0.3 is 0 Å². The highest BCUT2D eigenvalue weighted by Gasteiger charge is 2.46. The van der Waals surface area contributed by atoms with Crippen LogP contribution in [0.5, 0.6) is 0 Å². The van der Waals surface area contributed by atoms with Gasteiger partial charge in [0.2, 0.25) is 5.69 Å². The van der Waals surface area contributed by atoms with Crippen molar-refractivity contribution in [3.8, 4) is 33.5 Å². The number of fused-ring (bicyclic) bond motifs is 5. The normalized spacial score (nSPS) is 17.5. The third-order valence-corrected chi connectivity index (χ3v) is 7.52. The summed E-state index contributed by atoms with van der Waals surface area (Å²) in [5.41, 5.74) is 11.6. The summed E-state index contributed by atoms with van der Waals surface area (Å²) in [6.45, 7) is 0.122. The molecule has 2 aliphatic rings. The van der Waals surface area contributed by atoms with Gasteiger partial charge in [-0.05, 0) is 67.1 Å². The molecule has 0 bridgehead atoms. The molecule has 0 aliphatic heterocycles. The van der Waals surface area contributed by atoms with Gasteiger partial charge in [0.05, 0.1) is 5.69 Å². The lowest BCUT2D eigenvalue weighted by atomic mass is 9.78. The largest absolute Gasteiger partial charge is 0.260 e. The van der Waals surface area contributed by atoms with E-state index in [9.17, 15) is 0 Å². The van der Waals surface area contributed by atoms with Crippen molar-refractivity contribution in [1.82, 2.24) is 4.98 Å². The minimum Gasteiger partial charge on any atom is -0.260 e. The highest BCUT2D eigenvalue weighted by Crippen LogP contribution is 2.56. The van der Waals surface area contributed by atoms with Crippen LogP contribution >= 0.6 is 0 Å². The van der Waals surface area contributed by atoms with Gasteiger partial charge in [-0.3, -0.25) is 4.98 Å². The predicted octanol–water partition coefficient (Wildman–Crippen LogP) is 6.70. The Morgan fingerprint density at radius 2 is 1.69 bits per heavy atom. The number of hydrogen-bond acceptors (Lipinski definition) is 1. The van der Waals surface area contributed by atoms with E-state index >= 15 is 0 Å². The van der Waals surface area contributed by atoms with E-state index in [1.54, 1.807) is 12.1 Å². The molecule has 0 atom stereocenters. The standard InChI is InChI=1S/C30H29N2/c1-20-8-10-22(11-9-20)23-12-13-28(32(3)19-23)25-18-27-26(17-21(25)2)24-7-6-16-31-29(24)30(27)14-4-5-15-30/h6-13,16-19H,4-5,14-15H2,1-3H3/q+1/i1D3. The quantitative estimate of drug-likeness (QED) is 0.330. The molecule has 32 heavy (non-hydrogen) atoms. The van der Waals surface area contributed by atoms with Crippen LogP contribution in [0.2, 0.25) is 0 Å². The molecule has 0 saturated heterocycles. The van der Waals surface area contributed by atoms with E-state index in [0.717, 1.165) is 11.1 Å². The number of pyridine rings is 2. The van der Waals surface area contributed by atoms with Crippen LogP contribution in [-0.2, 0) is 12.5 Å². The van der Waals surface area contributed by atoms with E-state index in [1.807, 2.05) is 18.3 Å². The van der Waals surface area contributed by atoms with Gasteiger partial charge in [0.1, 0.15) is 7.05 Å². The Bertz CT molecular complexity index is 1450.